The van der Waals surface area contributed by atoms with E-state index in [0.717, 1.165) is 0 Å². The van der Waals surface area contributed by atoms with Gasteiger partial charge >= 0.3 is 0 Å². The number of carbonyl (C=O) groups is 1. The Morgan fingerprint density at radius 2 is 2.15 bits per heavy atom. The maximum absolute atomic E-state index is 13.7. The van der Waals surface area contributed by atoms with Crippen molar-refractivity contribution in [2.45, 2.75) is 18.8 Å². The molecule has 0 aliphatic carbocycles. The number of amides is 1. The molecule has 1 heterocycles. The van der Waals surface area contributed by atoms with E-state index >= 15 is 0 Å². The molecule has 0 saturated carbocycles. The second-order valence-electron chi connectivity index (χ2n) is 4.70. The van der Waals surface area contributed by atoms with Gasteiger partial charge in [-0.1, -0.05) is 11.6 Å². The zero-order valence-corrected chi connectivity index (χ0v) is 12.8. The summed E-state index contributed by atoms with van der Waals surface area (Å²) >= 11 is 11.6. The molecule has 20 heavy (non-hydrogen) atoms. The molecule has 0 bridgehead atoms. The standard InChI is InChI=1S/C13H14Cl2FN3O/c1-7(13(20)18(2)3)19-11-5-9(16)8(15)4-10(11)17-12(19)6-14/h4-5,7H,6H2,1-3H3. The van der Waals surface area contributed by atoms with Crippen LogP contribution < -0.4 is 0 Å². The fraction of sp³-hybridized carbons (Fsp3) is 0.385. The van der Waals surface area contributed by atoms with E-state index in [0.29, 0.717) is 16.9 Å². The summed E-state index contributed by atoms with van der Waals surface area (Å²) in [5, 5.41) is -0.00476. The van der Waals surface area contributed by atoms with Crippen molar-refractivity contribution in [3.8, 4) is 0 Å². The Kier molecular flexibility index (Phi) is 4.20. The number of halogens is 3. The van der Waals surface area contributed by atoms with Crippen molar-refractivity contribution in [1.29, 1.82) is 0 Å². The Balaban J connectivity index is 2.67. The lowest BCUT2D eigenvalue weighted by Crippen LogP contribution is -2.30. The largest absolute Gasteiger partial charge is 0.347 e. The Hall–Kier alpha value is -1.33. The van der Waals surface area contributed by atoms with E-state index in [-0.39, 0.29) is 16.8 Å². The summed E-state index contributed by atoms with van der Waals surface area (Å²) in [5.74, 6) is -0.0399. The van der Waals surface area contributed by atoms with Gasteiger partial charge in [0.05, 0.1) is 21.9 Å². The number of alkyl halides is 1. The van der Waals surface area contributed by atoms with Gasteiger partial charge in [-0.05, 0) is 13.0 Å². The molecule has 0 radical (unpaired) electrons. The van der Waals surface area contributed by atoms with Crippen molar-refractivity contribution >= 4 is 40.1 Å². The molecule has 0 N–H and O–H groups in total. The zero-order valence-electron chi connectivity index (χ0n) is 11.3. The first-order chi connectivity index (χ1) is 9.36. The second-order valence-corrected chi connectivity index (χ2v) is 5.37. The summed E-state index contributed by atoms with van der Waals surface area (Å²) < 4.78 is 15.3. The van der Waals surface area contributed by atoms with Gasteiger partial charge < -0.3 is 9.47 Å². The lowest BCUT2D eigenvalue weighted by molar-refractivity contribution is -0.131. The highest BCUT2D eigenvalue weighted by atomic mass is 35.5. The van der Waals surface area contributed by atoms with Gasteiger partial charge in [-0.15, -0.1) is 11.6 Å². The number of nitrogens with zero attached hydrogens (tertiary/aromatic N) is 3. The highest BCUT2D eigenvalue weighted by Crippen LogP contribution is 2.27. The number of hydrogen-bond acceptors (Lipinski definition) is 2. The third-order valence-corrected chi connectivity index (χ3v) is 3.64. The van der Waals surface area contributed by atoms with Crippen LogP contribution in [0.1, 0.15) is 18.8 Å². The topological polar surface area (TPSA) is 38.1 Å². The van der Waals surface area contributed by atoms with E-state index in [9.17, 15) is 9.18 Å². The molecule has 0 fully saturated rings. The molecule has 2 rings (SSSR count). The third kappa shape index (κ3) is 2.47. The maximum atomic E-state index is 13.7. The monoisotopic (exact) mass is 317 g/mol. The molecule has 0 aliphatic heterocycles. The normalized spacial score (nSPS) is 12.7. The number of carbonyl (C=O) groups excluding carboxylic acids is 1. The fourth-order valence-corrected chi connectivity index (χ4v) is 2.50. The Morgan fingerprint density at radius 1 is 1.50 bits per heavy atom. The molecule has 1 unspecified atom stereocenters. The fourth-order valence-electron chi connectivity index (χ4n) is 2.15. The van der Waals surface area contributed by atoms with Crippen molar-refractivity contribution in [3.63, 3.8) is 0 Å². The molecule has 1 atom stereocenters. The highest BCUT2D eigenvalue weighted by molar-refractivity contribution is 6.31. The number of likely N-dealkylation sites (N-methyl/N-ethyl adjacent to an activating group) is 1. The number of hydrogen-bond donors (Lipinski definition) is 0. The third-order valence-electron chi connectivity index (χ3n) is 3.11. The predicted molar refractivity (Wildman–Crippen MR) is 77.7 cm³/mol. The molecule has 4 nitrogen and oxygen atoms in total. The minimum Gasteiger partial charge on any atom is -0.347 e. The second kappa shape index (κ2) is 5.58. The average Bonchev–Trinajstić information content (AvgIpc) is 2.75. The summed E-state index contributed by atoms with van der Waals surface area (Å²) in [4.78, 5) is 17.9. The minimum atomic E-state index is -0.550. The smallest absolute Gasteiger partial charge is 0.244 e. The Labute approximate surface area is 126 Å². The van der Waals surface area contributed by atoms with Gasteiger partial charge in [-0.3, -0.25) is 4.79 Å². The van der Waals surface area contributed by atoms with E-state index in [1.54, 1.807) is 25.6 Å². The van der Waals surface area contributed by atoms with E-state index < -0.39 is 11.9 Å². The molecular weight excluding hydrogens is 304 g/mol. The van der Waals surface area contributed by atoms with Crippen LogP contribution in [0, 0.1) is 5.82 Å². The van der Waals surface area contributed by atoms with Crippen LogP contribution in [-0.2, 0) is 10.7 Å². The van der Waals surface area contributed by atoms with Gasteiger partial charge in [0.15, 0.2) is 0 Å². The molecule has 0 aliphatic rings. The molecule has 1 amide bonds. The summed E-state index contributed by atoms with van der Waals surface area (Å²) in [6.07, 6.45) is 0. The number of imidazole rings is 1. The molecule has 108 valence electrons. The number of benzene rings is 1. The molecule has 2 aromatic rings. The van der Waals surface area contributed by atoms with Crippen molar-refractivity contribution in [1.82, 2.24) is 14.5 Å². The quantitative estimate of drug-likeness (QED) is 0.815. The Morgan fingerprint density at radius 3 is 2.70 bits per heavy atom. The van der Waals surface area contributed by atoms with Crippen molar-refractivity contribution in [2.75, 3.05) is 14.1 Å². The van der Waals surface area contributed by atoms with E-state index in [1.807, 2.05) is 0 Å². The van der Waals surface area contributed by atoms with Crippen LogP contribution in [0.5, 0.6) is 0 Å². The van der Waals surface area contributed by atoms with Crippen LogP contribution in [0.25, 0.3) is 11.0 Å². The van der Waals surface area contributed by atoms with Crippen LogP contribution in [0.4, 0.5) is 4.39 Å². The predicted octanol–water partition coefficient (Wildman–Crippen LogP) is 3.22. The molecule has 1 aromatic heterocycles. The van der Waals surface area contributed by atoms with Crippen LogP contribution in [0.2, 0.25) is 5.02 Å². The first-order valence-corrected chi connectivity index (χ1v) is 6.91. The van der Waals surface area contributed by atoms with Gasteiger partial charge in [0.2, 0.25) is 5.91 Å². The molecule has 1 aromatic carbocycles. The first kappa shape index (κ1) is 15.1. The van der Waals surface area contributed by atoms with Crippen molar-refractivity contribution in [2.24, 2.45) is 0 Å². The first-order valence-electron chi connectivity index (χ1n) is 5.99. The van der Waals surface area contributed by atoms with Crippen LogP contribution in [0.3, 0.4) is 0 Å². The molecular formula is C13H14Cl2FN3O. The van der Waals surface area contributed by atoms with Crippen molar-refractivity contribution in [3.05, 3.63) is 28.8 Å². The maximum Gasteiger partial charge on any atom is 0.244 e. The number of rotatable bonds is 3. The van der Waals surface area contributed by atoms with Crippen LogP contribution >= 0.6 is 23.2 Å². The number of aromatic nitrogens is 2. The Bertz CT molecular complexity index is 669. The van der Waals surface area contributed by atoms with Crippen LogP contribution in [0.15, 0.2) is 12.1 Å². The lowest BCUT2D eigenvalue weighted by Gasteiger charge is -2.20. The van der Waals surface area contributed by atoms with E-state index in [1.165, 1.54) is 17.0 Å². The molecule has 7 heteroatoms. The molecule has 0 saturated heterocycles. The summed E-state index contributed by atoms with van der Waals surface area (Å²) in [5.41, 5.74) is 1.02. The summed E-state index contributed by atoms with van der Waals surface area (Å²) in [6, 6.07) is 2.19. The molecule has 0 spiro atoms. The van der Waals surface area contributed by atoms with E-state index in [2.05, 4.69) is 4.98 Å². The van der Waals surface area contributed by atoms with Gasteiger partial charge in [0.25, 0.3) is 0 Å². The summed E-state index contributed by atoms with van der Waals surface area (Å²) in [6.45, 7) is 1.73. The highest BCUT2D eigenvalue weighted by Gasteiger charge is 2.23. The van der Waals surface area contributed by atoms with Gasteiger partial charge in [-0.2, -0.15) is 0 Å². The lowest BCUT2D eigenvalue weighted by atomic mass is 10.2. The SMILES string of the molecule is CC(C(=O)N(C)C)n1c(CCl)nc2cc(Cl)c(F)cc21. The van der Waals surface area contributed by atoms with Crippen molar-refractivity contribution < 1.29 is 9.18 Å². The van der Waals surface area contributed by atoms with E-state index in [4.69, 9.17) is 23.2 Å². The van der Waals surface area contributed by atoms with Gasteiger partial charge in [-0.25, -0.2) is 9.37 Å². The number of fused-ring (bicyclic) bond motifs is 1. The zero-order chi connectivity index (χ0) is 15.0. The van der Waals surface area contributed by atoms with Gasteiger partial charge in [0.1, 0.15) is 17.7 Å². The van der Waals surface area contributed by atoms with Gasteiger partial charge in [0, 0.05) is 20.2 Å². The minimum absolute atomic E-state index is 0.00476. The van der Waals surface area contributed by atoms with Crippen LogP contribution in [-0.4, -0.2) is 34.5 Å². The summed E-state index contributed by atoms with van der Waals surface area (Å²) in [7, 11) is 3.32. The average molecular weight is 318 g/mol.